The Balaban J connectivity index is 1.44. The number of aromatic nitrogens is 3. The predicted octanol–water partition coefficient (Wildman–Crippen LogP) is 5.00. The summed E-state index contributed by atoms with van der Waals surface area (Å²) in [4.78, 5) is 18.1. The molecule has 3 heterocycles. The molecule has 5 rings (SSSR count). The summed E-state index contributed by atoms with van der Waals surface area (Å²) in [6.07, 6.45) is 5.70. The maximum absolute atomic E-state index is 14.4. The van der Waals surface area contributed by atoms with E-state index in [1.54, 1.807) is 41.6 Å². The Kier molecular flexibility index (Phi) is 5.71. The van der Waals surface area contributed by atoms with Crippen molar-refractivity contribution in [1.82, 2.24) is 19.7 Å². The number of hydrogen-bond donors (Lipinski definition) is 0. The fraction of sp³-hybridized carbons (Fsp3) is 0.192. The van der Waals surface area contributed by atoms with Crippen LogP contribution < -0.4 is 9.47 Å². The molecule has 0 N–H and O–H groups in total. The summed E-state index contributed by atoms with van der Waals surface area (Å²) in [5.41, 5.74) is 2.63. The number of amides is 1. The van der Waals surface area contributed by atoms with Crippen LogP contribution in [0.4, 0.5) is 4.39 Å². The van der Waals surface area contributed by atoms with E-state index in [0.29, 0.717) is 18.8 Å². The maximum atomic E-state index is 14.4. The van der Waals surface area contributed by atoms with Crippen molar-refractivity contribution in [3.63, 3.8) is 0 Å². The van der Waals surface area contributed by atoms with Crippen LogP contribution in [0.15, 0.2) is 73.6 Å². The molecule has 34 heavy (non-hydrogen) atoms. The quantitative estimate of drug-likeness (QED) is 0.381. The molecule has 172 valence electrons. The molecule has 1 aliphatic rings. The monoisotopic (exact) mass is 458 g/mol. The van der Waals surface area contributed by atoms with E-state index in [9.17, 15) is 9.18 Å². The second-order valence-corrected chi connectivity index (χ2v) is 8.02. The Morgan fingerprint density at radius 1 is 1.18 bits per heavy atom. The lowest BCUT2D eigenvalue weighted by Crippen LogP contribution is -2.27. The molecule has 4 aromatic rings. The molecule has 1 aliphatic heterocycles. The van der Waals surface area contributed by atoms with Gasteiger partial charge in [0.05, 0.1) is 18.7 Å². The van der Waals surface area contributed by atoms with Gasteiger partial charge in [-0.15, -0.1) is 0 Å². The molecule has 1 atom stereocenters. The van der Waals surface area contributed by atoms with Crippen molar-refractivity contribution in [2.24, 2.45) is 0 Å². The van der Waals surface area contributed by atoms with E-state index in [-0.39, 0.29) is 23.4 Å². The third kappa shape index (κ3) is 3.87. The van der Waals surface area contributed by atoms with Crippen LogP contribution in [0.5, 0.6) is 17.2 Å². The van der Waals surface area contributed by atoms with E-state index >= 15 is 0 Å². The number of fused-ring (bicyclic) bond motifs is 1. The van der Waals surface area contributed by atoms with Gasteiger partial charge in [-0.05, 0) is 55.0 Å². The van der Waals surface area contributed by atoms with Crippen molar-refractivity contribution >= 4 is 16.8 Å². The molecule has 2 aromatic carbocycles. The Labute approximate surface area is 196 Å². The number of hydrogen-bond acceptors (Lipinski definition) is 5. The number of carbonyl (C=O) groups is 1. The van der Waals surface area contributed by atoms with Crippen molar-refractivity contribution < 1.29 is 18.7 Å². The number of carbonyl (C=O) groups excluding carboxylic acids is 1. The molecule has 0 radical (unpaired) electrons. The van der Waals surface area contributed by atoms with Crippen LogP contribution in [0, 0.1) is 5.82 Å². The zero-order chi connectivity index (χ0) is 23.7. The smallest absolute Gasteiger partial charge is 0.246 e. The van der Waals surface area contributed by atoms with Gasteiger partial charge in [-0.1, -0.05) is 12.6 Å². The number of pyridine rings is 1. The van der Waals surface area contributed by atoms with Gasteiger partial charge in [0, 0.05) is 36.4 Å². The van der Waals surface area contributed by atoms with E-state index in [2.05, 4.69) is 11.6 Å². The van der Waals surface area contributed by atoms with Gasteiger partial charge >= 0.3 is 0 Å². The van der Waals surface area contributed by atoms with Gasteiger partial charge in [-0.25, -0.2) is 0 Å². The molecule has 0 aliphatic carbocycles. The van der Waals surface area contributed by atoms with Gasteiger partial charge in [0.15, 0.2) is 11.5 Å². The summed E-state index contributed by atoms with van der Waals surface area (Å²) >= 11 is 0. The number of halogens is 1. The molecule has 7 nitrogen and oxygen atoms in total. The van der Waals surface area contributed by atoms with Crippen molar-refractivity contribution in [1.29, 1.82) is 0 Å². The van der Waals surface area contributed by atoms with Crippen molar-refractivity contribution in [2.75, 3.05) is 20.2 Å². The highest BCUT2D eigenvalue weighted by molar-refractivity contribution is 5.93. The first kappa shape index (κ1) is 21.6. The fourth-order valence-corrected chi connectivity index (χ4v) is 4.28. The number of nitrogens with zero attached hydrogens (tertiary/aromatic N) is 4. The predicted molar refractivity (Wildman–Crippen MR) is 126 cm³/mol. The van der Waals surface area contributed by atoms with Crippen LogP contribution in [0.1, 0.15) is 12.5 Å². The number of rotatable bonds is 6. The topological polar surface area (TPSA) is 69.5 Å². The lowest BCUT2D eigenvalue weighted by Gasteiger charge is -2.15. The van der Waals surface area contributed by atoms with Gasteiger partial charge in [0.2, 0.25) is 11.7 Å². The minimum Gasteiger partial charge on any atom is -0.494 e. The van der Waals surface area contributed by atoms with Crippen molar-refractivity contribution in [3.05, 3.63) is 79.4 Å². The molecule has 1 amide bonds. The Morgan fingerprint density at radius 2 is 1.97 bits per heavy atom. The van der Waals surface area contributed by atoms with E-state index in [1.807, 2.05) is 22.9 Å². The zero-order valence-corrected chi connectivity index (χ0v) is 18.6. The van der Waals surface area contributed by atoms with Gasteiger partial charge < -0.3 is 14.4 Å². The molecule has 0 unspecified atom stereocenters. The lowest BCUT2D eigenvalue weighted by atomic mass is 10.1. The standard InChI is InChI=1S/C26H23FN4O3/c1-3-24(32)30-14-12-18(16-30)31-21-11-13-28-15-20(21)26(29-31)17-7-9-19(10-8-17)34-23-6-4-5-22(33-2)25(23)27/h3-11,13,15,18H,1,12,14,16H2,2H3/t18-/m1/s1. The molecular formula is C26H23FN4O3. The van der Waals surface area contributed by atoms with E-state index in [1.165, 1.54) is 19.3 Å². The summed E-state index contributed by atoms with van der Waals surface area (Å²) in [5.74, 6) is 0.0891. The van der Waals surface area contributed by atoms with Crippen molar-refractivity contribution in [3.8, 4) is 28.5 Å². The summed E-state index contributed by atoms with van der Waals surface area (Å²) in [7, 11) is 1.41. The molecule has 1 saturated heterocycles. The number of methoxy groups -OCH3 is 1. The molecule has 1 fully saturated rings. The summed E-state index contributed by atoms with van der Waals surface area (Å²) in [6, 6.07) is 14.1. The second-order valence-electron chi connectivity index (χ2n) is 8.02. The average Bonchev–Trinajstić information content (AvgIpc) is 3.51. The van der Waals surface area contributed by atoms with Crippen molar-refractivity contribution in [2.45, 2.75) is 12.5 Å². The summed E-state index contributed by atoms with van der Waals surface area (Å²) in [5, 5.41) is 5.83. The molecule has 0 bridgehead atoms. The highest BCUT2D eigenvalue weighted by atomic mass is 19.1. The van der Waals surface area contributed by atoms with Gasteiger partial charge in [0.1, 0.15) is 11.4 Å². The number of likely N-dealkylation sites (tertiary alicyclic amines) is 1. The highest BCUT2D eigenvalue weighted by Crippen LogP contribution is 2.34. The van der Waals surface area contributed by atoms with Gasteiger partial charge in [-0.3, -0.25) is 14.5 Å². The molecule has 0 saturated carbocycles. The zero-order valence-electron chi connectivity index (χ0n) is 18.6. The van der Waals surface area contributed by atoms with Gasteiger partial charge in [-0.2, -0.15) is 9.49 Å². The fourth-order valence-electron chi connectivity index (χ4n) is 4.28. The van der Waals surface area contributed by atoms with Crippen LogP contribution in [-0.4, -0.2) is 45.8 Å². The minimum absolute atomic E-state index is 0.0658. The first-order valence-electron chi connectivity index (χ1n) is 10.9. The van der Waals surface area contributed by atoms with E-state index < -0.39 is 5.82 Å². The summed E-state index contributed by atoms with van der Waals surface area (Å²) < 4.78 is 27.1. The van der Waals surface area contributed by atoms with E-state index in [4.69, 9.17) is 14.6 Å². The van der Waals surface area contributed by atoms with Crippen LogP contribution >= 0.6 is 0 Å². The largest absolute Gasteiger partial charge is 0.494 e. The second kappa shape index (κ2) is 8.97. The third-order valence-corrected chi connectivity index (χ3v) is 6.01. The molecule has 2 aromatic heterocycles. The first-order valence-corrected chi connectivity index (χ1v) is 10.9. The third-order valence-electron chi connectivity index (χ3n) is 6.01. The van der Waals surface area contributed by atoms with Crippen LogP contribution in [-0.2, 0) is 4.79 Å². The van der Waals surface area contributed by atoms with Crippen LogP contribution in [0.2, 0.25) is 0 Å². The van der Waals surface area contributed by atoms with E-state index in [0.717, 1.165) is 28.6 Å². The van der Waals surface area contributed by atoms with Crippen LogP contribution in [0.3, 0.4) is 0 Å². The molecular weight excluding hydrogens is 435 g/mol. The minimum atomic E-state index is -0.551. The lowest BCUT2D eigenvalue weighted by molar-refractivity contribution is -0.125. The first-order chi connectivity index (χ1) is 16.6. The Bertz CT molecular complexity index is 1370. The average molecular weight is 458 g/mol. The van der Waals surface area contributed by atoms with Crippen LogP contribution in [0.25, 0.3) is 22.2 Å². The summed E-state index contributed by atoms with van der Waals surface area (Å²) in [6.45, 7) is 4.84. The molecule has 8 heteroatoms. The highest BCUT2D eigenvalue weighted by Gasteiger charge is 2.28. The SMILES string of the molecule is C=CC(=O)N1CC[C@@H](n2nc(-c3ccc(Oc4cccc(OC)c4F)cc3)c3cnccc32)C1. The normalized spacial score (nSPS) is 15.5. The number of benzene rings is 2. The Hall–Kier alpha value is -4.20. The Morgan fingerprint density at radius 3 is 2.74 bits per heavy atom. The van der Waals surface area contributed by atoms with Gasteiger partial charge in [0.25, 0.3) is 0 Å². The maximum Gasteiger partial charge on any atom is 0.246 e. The number of ether oxygens (including phenoxy) is 2. The molecule has 0 spiro atoms.